The van der Waals surface area contributed by atoms with E-state index < -0.39 is 0 Å². The largest absolute Gasteiger partial charge is 0.353 e. The van der Waals surface area contributed by atoms with Crippen LogP contribution in [-0.2, 0) is 4.79 Å². The van der Waals surface area contributed by atoms with Crippen molar-refractivity contribution in [1.29, 1.82) is 0 Å². The fourth-order valence-corrected chi connectivity index (χ4v) is 2.08. The van der Waals surface area contributed by atoms with Gasteiger partial charge in [-0.15, -0.1) is 0 Å². The summed E-state index contributed by atoms with van der Waals surface area (Å²) in [6, 6.07) is 0.171. The number of hydrogen-bond acceptors (Lipinski definition) is 3. The third-order valence-corrected chi connectivity index (χ3v) is 3.19. The lowest BCUT2D eigenvalue weighted by atomic mass is 10.2. The second-order valence-corrected chi connectivity index (χ2v) is 4.18. The molecule has 0 aliphatic carbocycles. The zero-order valence-electron chi connectivity index (χ0n) is 9.83. The summed E-state index contributed by atoms with van der Waals surface area (Å²) < 4.78 is 0. The van der Waals surface area contributed by atoms with Crippen molar-refractivity contribution in [2.75, 3.05) is 19.6 Å². The van der Waals surface area contributed by atoms with Gasteiger partial charge in [-0.1, -0.05) is 13.8 Å². The molecule has 1 fully saturated rings. The maximum absolute atomic E-state index is 11.5. The lowest BCUT2D eigenvalue weighted by Gasteiger charge is -2.23. The van der Waals surface area contributed by atoms with Crippen LogP contribution in [0.25, 0.3) is 0 Å². The van der Waals surface area contributed by atoms with Gasteiger partial charge in [0.25, 0.3) is 0 Å². The molecule has 1 heterocycles. The van der Waals surface area contributed by atoms with Gasteiger partial charge in [0.05, 0.1) is 6.04 Å². The molecule has 3 N–H and O–H groups in total. The summed E-state index contributed by atoms with van der Waals surface area (Å²) in [4.78, 5) is 13.9. The first-order valence-corrected chi connectivity index (χ1v) is 5.96. The number of carbonyl (C=O) groups excluding carboxylic acids is 1. The van der Waals surface area contributed by atoms with E-state index in [0.717, 1.165) is 19.6 Å². The Morgan fingerprint density at radius 1 is 1.60 bits per heavy atom. The van der Waals surface area contributed by atoms with Gasteiger partial charge in [0.2, 0.25) is 5.91 Å². The number of rotatable bonds is 5. The monoisotopic (exact) mass is 213 g/mol. The summed E-state index contributed by atoms with van der Waals surface area (Å²) >= 11 is 0. The van der Waals surface area contributed by atoms with Crippen molar-refractivity contribution in [2.24, 2.45) is 5.73 Å². The molecule has 1 unspecified atom stereocenters. The Balaban J connectivity index is 2.27. The van der Waals surface area contributed by atoms with Crippen LogP contribution in [0.5, 0.6) is 0 Å². The molecule has 0 bridgehead atoms. The summed E-state index contributed by atoms with van der Waals surface area (Å²) in [7, 11) is 0. The fraction of sp³-hybridized carbons (Fsp3) is 0.909. The molecular weight excluding hydrogens is 190 g/mol. The van der Waals surface area contributed by atoms with Gasteiger partial charge in [-0.3, -0.25) is 9.69 Å². The molecule has 0 radical (unpaired) electrons. The van der Waals surface area contributed by atoms with Crippen LogP contribution in [0.1, 0.15) is 33.1 Å². The molecule has 4 nitrogen and oxygen atoms in total. The Morgan fingerprint density at radius 3 is 2.93 bits per heavy atom. The summed E-state index contributed by atoms with van der Waals surface area (Å²) in [5.41, 5.74) is 5.64. The zero-order chi connectivity index (χ0) is 11.3. The molecule has 2 atom stereocenters. The number of nitrogens with one attached hydrogen (secondary N) is 1. The van der Waals surface area contributed by atoms with E-state index in [1.807, 2.05) is 6.92 Å². The third kappa shape index (κ3) is 3.47. The Hall–Kier alpha value is -0.610. The molecule has 1 rings (SSSR count). The van der Waals surface area contributed by atoms with Crippen molar-refractivity contribution in [1.82, 2.24) is 10.2 Å². The molecule has 88 valence electrons. The number of hydrogen-bond donors (Lipinski definition) is 2. The van der Waals surface area contributed by atoms with Gasteiger partial charge in [0.1, 0.15) is 0 Å². The number of carbonyl (C=O) groups is 1. The highest BCUT2D eigenvalue weighted by Crippen LogP contribution is 2.15. The van der Waals surface area contributed by atoms with E-state index in [9.17, 15) is 4.79 Å². The van der Waals surface area contributed by atoms with E-state index in [1.54, 1.807) is 0 Å². The quantitative estimate of drug-likeness (QED) is 0.691. The minimum Gasteiger partial charge on any atom is -0.353 e. The van der Waals surface area contributed by atoms with Crippen LogP contribution in [0.3, 0.4) is 0 Å². The Morgan fingerprint density at radius 2 is 2.33 bits per heavy atom. The lowest BCUT2D eigenvalue weighted by molar-refractivity contribution is -0.122. The molecule has 0 aromatic rings. The first-order valence-electron chi connectivity index (χ1n) is 5.96. The molecular formula is C11H23N3O. The average molecular weight is 213 g/mol. The van der Waals surface area contributed by atoms with Crippen LogP contribution in [-0.4, -0.2) is 42.5 Å². The minimum absolute atomic E-state index is 0.0135. The minimum atomic E-state index is -0.346. The summed E-state index contributed by atoms with van der Waals surface area (Å²) in [6.07, 6.45) is 3.14. The van der Waals surface area contributed by atoms with Gasteiger partial charge >= 0.3 is 0 Å². The molecule has 4 heteroatoms. The number of nitrogens with two attached hydrogens (primary N) is 1. The molecule has 0 aromatic carbocycles. The standard InChI is InChI=1S/C11H23N3O/c1-3-10(12)11(15)13-8-9-6-5-7-14(9)4-2/h9-10H,3-8,12H2,1-2H3,(H,13,15)/t9?,10-/m0/s1. The first-order chi connectivity index (χ1) is 7.19. The number of nitrogens with zero attached hydrogens (tertiary/aromatic N) is 1. The maximum Gasteiger partial charge on any atom is 0.236 e. The average Bonchev–Trinajstić information content (AvgIpc) is 2.71. The lowest BCUT2D eigenvalue weighted by Crippen LogP contribution is -2.45. The Kier molecular flexibility index (Phi) is 5.05. The van der Waals surface area contributed by atoms with Crippen molar-refractivity contribution < 1.29 is 4.79 Å². The van der Waals surface area contributed by atoms with Crippen molar-refractivity contribution in [3.8, 4) is 0 Å². The van der Waals surface area contributed by atoms with Crippen LogP contribution in [0.2, 0.25) is 0 Å². The van der Waals surface area contributed by atoms with E-state index in [4.69, 9.17) is 5.73 Å². The van der Waals surface area contributed by atoms with Crippen LogP contribution in [0.15, 0.2) is 0 Å². The van der Waals surface area contributed by atoms with E-state index in [-0.39, 0.29) is 11.9 Å². The maximum atomic E-state index is 11.5. The first kappa shape index (κ1) is 12.5. The molecule has 15 heavy (non-hydrogen) atoms. The number of amides is 1. The van der Waals surface area contributed by atoms with E-state index in [0.29, 0.717) is 12.5 Å². The molecule has 0 spiro atoms. The SMILES string of the molecule is CC[C@H](N)C(=O)NCC1CCCN1CC. The summed E-state index contributed by atoms with van der Waals surface area (Å²) in [5.74, 6) is -0.0135. The molecule has 1 aliphatic rings. The fourth-order valence-electron chi connectivity index (χ4n) is 2.08. The highest BCUT2D eigenvalue weighted by Gasteiger charge is 2.23. The number of likely N-dealkylation sites (N-methyl/N-ethyl adjacent to an activating group) is 1. The second-order valence-electron chi connectivity index (χ2n) is 4.18. The van der Waals surface area contributed by atoms with Gasteiger partial charge in [-0.2, -0.15) is 0 Å². The van der Waals surface area contributed by atoms with E-state index >= 15 is 0 Å². The predicted octanol–water partition coefficient (Wildman–Crippen LogP) is 0.324. The third-order valence-electron chi connectivity index (χ3n) is 3.19. The van der Waals surface area contributed by atoms with Crippen molar-refractivity contribution >= 4 is 5.91 Å². The van der Waals surface area contributed by atoms with Gasteiger partial charge in [0, 0.05) is 12.6 Å². The van der Waals surface area contributed by atoms with Gasteiger partial charge in [-0.25, -0.2) is 0 Å². The van der Waals surface area contributed by atoms with E-state index in [1.165, 1.54) is 12.8 Å². The zero-order valence-corrected chi connectivity index (χ0v) is 9.83. The summed E-state index contributed by atoms with van der Waals surface area (Å²) in [6.45, 7) is 7.08. The highest BCUT2D eigenvalue weighted by molar-refractivity contribution is 5.81. The van der Waals surface area contributed by atoms with Crippen molar-refractivity contribution in [2.45, 2.75) is 45.2 Å². The molecule has 1 aliphatic heterocycles. The van der Waals surface area contributed by atoms with Crippen molar-refractivity contribution in [3.05, 3.63) is 0 Å². The van der Waals surface area contributed by atoms with E-state index in [2.05, 4.69) is 17.1 Å². The molecule has 0 saturated carbocycles. The Bertz CT molecular complexity index is 208. The highest BCUT2D eigenvalue weighted by atomic mass is 16.2. The van der Waals surface area contributed by atoms with Crippen LogP contribution < -0.4 is 11.1 Å². The van der Waals surface area contributed by atoms with Crippen LogP contribution >= 0.6 is 0 Å². The molecule has 1 amide bonds. The van der Waals surface area contributed by atoms with Crippen molar-refractivity contribution in [3.63, 3.8) is 0 Å². The van der Waals surface area contributed by atoms with Gasteiger partial charge < -0.3 is 11.1 Å². The van der Waals surface area contributed by atoms with Crippen LogP contribution in [0.4, 0.5) is 0 Å². The molecule has 0 aromatic heterocycles. The Labute approximate surface area is 92.2 Å². The normalized spacial score (nSPS) is 24.1. The topological polar surface area (TPSA) is 58.4 Å². The van der Waals surface area contributed by atoms with Gasteiger partial charge in [0.15, 0.2) is 0 Å². The molecule has 1 saturated heterocycles. The smallest absolute Gasteiger partial charge is 0.236 e. The second kappa shape index (κ2) is 6.08. The van der Waals surface area contributed by atoms with Crippen LogP contribution in [0, 0.1) is 0 Å². The summed E-state index contributed by atoms with van der Waals surface area (Å²) in [5, 5.41) is 2.93. The van der Waals surface area contributed by atoms with Gasteiger partial charge in [-0.05, 0) is 32.4 Å². The number of likely N-dealkylation sites (tertiary alicyclic amines) is 1. The predicted molar refractivity (Wildman–Crippen MR) is 61.5 cm³/mol.